The third-order valence-electron chi connectivity index (χ3n) is 1.63. The predicted molar refractivity (Wildman–Crippen MR) is 56.4 cm³/mol. The minimum absolute atomic E-state index is 0.160. The summed E-state index contributed by atoms with van der Waals surface area (Å²) in [6, 6.07) is 0. The van der Waals surface area contributed by atoms with Crippen molar-refractivity contribution in [2.24, 2.45) is 11.5 Å². The highest BCUT2D eigenvalue weighted by Crippen LogP contribution is 2.05. The Hall–Kier alpha value is -1.96. The quantitative estimate of drug-likeness (QED) is 0.656. The molecule has 1 rings (SSSR count). The smallest absolute Gasteiger partial charge is 0.274 e. The van der Waals surface area contributed by atoms with Crippen LogP contribution >= 0.6 is 11.3 Å². The van der Waals surface area contributed by atoms with E-state index < -0.39 is 17.7 Å². The van der Waals surface area contributed by atoms with E-state index in [2.05, 4.69) is 4.98 Å². The van der Waals surface area contributed by atoms with Gasteiger partial charge in [-0.3, -0.25) is 14.4 Å². The van der Waals surface area contributed by atoms with Crippen LogP contribution in [0.15, 0.2) is 10.9 Å². The molecular formula is C8H10N4O3S. The maximum atomic E-state index is 11.7. The van der Waals surface area contributed by atoms with Crippen molar-refractivity contribution in [3.05, 3.63) is 16.6 Å². The van der Waals surface area contributed by atoms with E-state index in [0.717, 1.165) is 4.90 Å². The zero-order valence-electron chi connectivity index (χ0n) is 8.25. The number of hydrogen-bond donors (Lipinski definition) is 2. The third kappa shape index (κ3) is 3.31. The summed E-state index contributed by atoms with van der Waals surface area (Å²) in [5, 5.41) is 1.51. The van der Waals surface area contributed by atoms with Crippen molar-refractivity contribution in [2.75, 3.05) is 13.1 Å². The first kappa shape index (κ1) is 12.1. The van der Waals surface area contributed by atoms with Gasteiger partial charge in [0.05, 0.1) is 5.51 Å². The molecule has 1 heterocycles. The van der Waals surface area contributed by atoms with E-state index >= 15 is 0 Å². The van der Waals surface area contributed by atoms with Crippen LogP contribution in [0.5, 0.6) is 0 Å². The Bertz CT molecular complexity index is 387. The van der Waals surface area contributed by atoms with Gasteiger partial charge in [0, 0.05) is 5.38 Å². The molecule has 3 amide bonds. The number of nitrogens with zero attached hydrogens (tertiary/aromatic N) is 2. The molecule has 86 valence electrons. The molecule has 0 bridgehead atoms. The molecule has 0 aliphatic heterocycles. The van der Waals surface area contributed by atoms with E-state index in [4.69, 9.17) is 11.5 Å². The van der Waals surface area contributed by atoms with Crippen LogP contribution in [0.2, 0.25) is 0 Å². The Morgan fingerprint density at radius 3 is 2.19 bits per heavy atom. The van der Waals surface area contributed by atoms with Crippen LogP contribution in [0.1, 0.15) is 10.5 Å². The Morgan fingerprint density at radius 1 is 1.25 bits per heavy atom. The number of aromatic nitrogens is 1. The van der Waals surface area contributed by atoms with Gasteiger partial charge in [0.25, 0.3) is 5.91 Å². The molecule has 0 unspecified atom stereocenters. The van der Waals surface area contributed by atoms with Crippen LogP contribution in [-0.2, 0) is 9.59 Å². The number of carbonyl (C=O) groups is 3. The van der Waals surface area contributed by atoms with Gasteiger partial charge in [-0.05, 0) is 0 Å². The van der Waals surface area contributed by atoms with Crippen molar-refractivity contribution in [2.45, 2.75) is 0 Å². The fourth-order valence-corrected chi connectivity index (χ4v) is 1.58. The number of amides is 3. The first-order chi connectivity index (χ1) is 7.50. The molecule has 1 aromatic rings. The lowest BCUT2D eigenvalue weighted by Crippen LogP contribution is -2.43. The van der Waals surface area contributed by atoms with Crippen LogP contribution in [0.4, 0.5) is 0 Å². The summed E-state index contributed by atoms with van der Waals surface area (Å²) in [5.74, 6) is -1.98. The second-order valence-electron chi connectivity index (χ2n) is 2.97. The van der Waals surface area contributed by atoms with Crippen LogP contribution in [0.25, 0.3) is 0 Å². The maximum Gasteiger partial charge on any atom is 0.274 e. The summed E-state index contributed by atoms with van der Waals surface area (Å²) in [4.78, 5) is 37.9. The highest BCUT2D eigenvalue weighted by atomic mass is 32.1. The summed E-state index contributed by atoms with van der Waals surface area (Å²) in [5.41, 5.74) is 11.5. The van der Waals surface area contributed by atoms with Gasteiger partial charge in [-0.2, -0.15) is 0 Å². The molecule has 0 spiro atoms. The zero-order chi connectivity index (χ0) is 12.1. The molecule has 8 heteroatoms. The number of primary amides is 2. The highest BCUT2D eigenvalue weighted by Gasteiger charge is 2.20. The highest BCUT2D eigenvalue weighted by molar-refractivity contribution is 7.07. The Balaban J connectivity index is 2.79. The lowest BCUT2D eigenvalue weighted by molar-refractivity contribution is -0.121. The van der Waals surface area contributed by atoms with Gasteiger partial charge in [-0.25, -0.2) is 4.98 Å². The SMILES string of the molecule is NC(=O)CN(CC(N)=O)C(=O)c1cscn1. The average Bonchev–Trinajstić information content (AvgIpc) is 2.66. The summed E-state index contributed by atoms with van der Waals surface area (Å²) in [6.45, 7) is -0.724. The number of hydrogen-bond acceptors (Lipinski definition) is 5. The molecule has 4 N–H and O–H groups in total. The number of nitrogens with two attached hydrogens (primary N) is 2. The lowest BCUT2D eigenvalue weighted by Gasteiger charge is -2.17. The molecule has 0 saturated heterocycles. The van der Waals surface area contributed by atoms with Crippen LogP contribution in [0.3, 0.4) is 0 Å². The first-order valence-corrected chi connectivity index (χ1v) is 5.19. The maximum absolute atomic E-state index is 11.7. The van der Waals surface area contributed by atoms with Gasteiger partial charge >= 0.3 is 0 Å². The van der Waals surface area contributed by atoms with Crippen LogP contribution < -0.4 is 11.5 Å². The molecule has 0 radical (unpaired) electrons. The van der Waals surface area contributed by atoms with Crippen molar-refractivity contribution in [3.8, 4) is 0 Å². The van der Waals surface area contributed by atoms with Gasteiger partial charge in [-0.15, -0.1) is 11.3 Å². The molecule has 0 atom stereocenters. The van der Waals surface area contributed by atoms with Gasteiger partial charge < -0.3 is 16.4 Å². The molecule has 0 fully saturated rings. The molecule has 7 nitrogen and oxygen atoms in total. The summed E-state index contributed by atoms with van der Waals surface area (Å²) in [6.07, 6.45) is 0. The van der Waals surface area contributed by atoms with E-state index in [1.165, 1.54) is 22.2 Å². The molecular weight excluding hydrogens is 232 g/mol. The van der Waals surface area contributed by atoms with Crippen molar-refractivity contribution in [1.82, 2.24) is 9.88 Å². The molecule has 0 aliphatic rings. The van der Waals surface area contributed by atoms with Crippen molar-refractivity contribution in [1.29, 1.82) is 0 Å². The zero-order valence-corrected chi connectivity index (χ0v) is 9.07. The molecule has 0 aromatic carbocycles. The van der Waals surface area contributed by atoms with E-state index in [1.807, 2.05) is 0 Å². The predicted octanol–water partition coefficient (Wildman–Crippen LogP) is -1.44. The van der Waals surface area contributed by atoms with Crippen molar-refractivity contribution in [3.63, 3.8) is 0 Å². The third-order valence-corrected chi connectivity index (χ3v) is 2.22. The molecule has 16 heavy (non-hydrogen) atoms. The largest absolute Gasteiger partial charge is 0.368 e. The second-order valence-corrected chi connectivity index (χ2v) is 3.69. The molecule has 1 aromatic heterocycles. The molecule has 0 saturated carbocycles. The number of rotatable bonds is 5. The Morgan fingerprint density at radius 2 is 1.81 bits per heavy atom. The van der Waals surface area contributed by atoms with Gasteiger partial charge in [0.15, 0.2) is 0 Å². The Labute approximate surface area is 95.0 Å². The van der Waals surface area contributed by atoms with E-state index in [1.54, 1.807) is 0 Å². The van der Waals surface area contributed by atoms with Gasteiger partial charge in [-0.1, -0.05) is 0 Å². The standard InChI is InChI=1S/C8H10N4O3S/c9-6(13)1-12(2-7(10)14)8(15)5-3-16-4-11-5/h3-4H,1-2H2,(H2,9,13)(H2,10,14). The Kier molecular flexibility index (Phi) is 3.95. The van der Waals surface area contributed by atoms with Crippen LogP contribution in [0, 0.1) is 0 Å². The van der Waals surface area contributed by atoms with E-state index in [0.29, 0.717) is 0 Å². The monoisotopic (exact) mass is 242 g/mol. The first-order valence-electron chi connectivity index (χ1n) is 4.24. The minimum atomic E-state index is -0.718. The molecule has 0 aliphatic carbocycles. The fourth-order valence-electron chi connectivity index (χ4n) is 1.06. The normalized spacial score (nSPS) is 9.75. The number of carbonyl (C=O) groups excluding carboxylic acids is 3. The van der Waals surface area contributed by atoms with E-state index in [-0.39, 0.29) is 18.8 Å². The van der Waals surface area contributed by atoms with Crippen molar-refractivity contribution < 1.29 is 14.4 Å². The van der Waals surface area contributed by atoms with Gasteiger partial charge in [0.1, 0.15) is 18.8 Å². The fraction of sp³-hybridized carbons (Fsp3) is 0.250. The summed E-state index contributed by atoms with van der Waals surface area (Å²) < 4.78 is 0. The lowest BCUT2D eigenvalue weighted by atomic mass is 10.3. The van der Waals surface area contributed by atoms with Gasteiger partial charge in [0.2, 0.25) is 11.8 Å². The van der Waals surface area contributed by atoms with Crippen molar-refractivity contribution >= 4 is 29.1 Å². The average molecular weight is 242 g/mol. The van der Waals surface area contributed by atoms with E-state index in [9.17, 15) is 14.4 Å². The number of thiazole rings is 1. The minimum Gasteiger partial charge on any atom is -0.368 e. The topological polar surface area (TPSA) is 119 Å². The summed E-state index contributed by atoms with van der Waals surface area (Å²) >= 11 is 1.23. The van der Waals surface area contributed by atoms with Crippen LogP contribution in [-0.4, -0.2) is 40.7 Å². The summed E-state index contributed by atoms with van der Waals surface area (Å²) in [7, 11) is 0. The second kappa shape index (κ2) is 5.21.